The van der Waals surface area contributed by atoms with E-state index in [1.54, 1.807) is 18.2 Å². The summed E-state index contributed by atoms with van der Waals surface area (Å²) in [6, 6.07) is 10.9. The predicted octanol–water partition coefficient (Wildman–Crippen LogP) is 3.62. The number of amides is 1. The zero-order chi connectivity index (χ0) is 15.0. The van der Waals surface area contributed by atoms with Crippen LogP contribution in [-0.4, -0.2) is 17.6 Å². The number of aliphatic hydroxyl groups excluding tert-OH is 1. The molecule has 1 amide bonds. The molecule has 0 radical (unpaired) electrons. The molecule has 1 atom stereocenters. The van der Waals surface area contributed by atoms with E-state index < -0.39 is 6.10 Å². The maximum Gasteiger partial charge on any atom is 0.262 e. The van der Waals surface area contributed by atoms with Crippen molar-refractivity contribution < 1.29 is 14.6 Å². The van der Waals surface area contributed by atoms with E-state index in [0.29, 0.717) is 17.0 Å². The number of ether oxygens (including phenoxy) is 1. The van der Waals surface area contributed by atoms with E-state index >= 15 is 0 Å². The number of nitrogens with one attached hydrogen (secondary N) is 1. The Bertz CT molecular complexity index is 718. The first-order chi connectivity index (χ1) is 10.0. The van der Waals surface area contributed by atoms with Crippen LogP contribution in [0.5, 0.6) is 5.75 Å². The molecule has 2 N–H and O–H groups in total. The second-order valence-corrected chi connectivity index (χ2v) is 6.43. The van der Waals surface area contributed by atoms with E-state index in [2.05, 4.69) is 37.2 Å². The summed E-state index contributed by atoms with van der Waals surface area (Å²) in [6.45, 7) is 0.0210. The number of carbonyl (C=O) groups excluding carboxylic acids is 1. The Labute approximate surface area is 138 Å². The fourth-order valence-corrected chi connectivity index (χ4v) is 3.44. The van der Waals surface area contributed by atoms with E-state index in [1.165, 1.54) is 0 Å². The number of anilines is 1. The van der Waals surface area contributed by atoms with Gasteiger partial charge in [0.2, 0.25) is 0 Å². The highest BCUT2D eigenvalue weighted by Crippen LogP contribution is 2.35. The molecule has 0 saturated heterocycles. The minimum absolute atomic E-state index is 0.0210. The van der Waals surface area contributed by atoms with Crippen molar-refractivity contribution in [1.82, 2.24) is 0 Å². The van der Waals surface area contributed by atoms with Gasteiger partial charge in [0.15, 0.2) is 6.61 Å². The highest BCUT2D eigenvalue weighted by atomic mass is 79.9. The van der Waals surface area contributed by atoms with Crippen LogP contribution in [-0.2, 0) is 4.79 Å². The normalized spacial score (nSPS) is 14.9. The Hall–Kier alpha value is -1.37. The summed E-state index contributed by atoms with van der Waals surface area (Å²) in [5, 5.41) is 13.3. The molecule has 0 fully saturated rings. The molecular formula is C15H11Br2NO3. The van der Waals surface area contributed by atoms with E-state index in [0.717, 1.165) is 14.5 Å². The fraction of sp³-hybridized carbons (Fsp3) is 0.133. The topological polar surface area (TPSA) is 58.6 Å². The molecule has 4 nitrogen and oxygen atoms in total. The molecule has 2 aromatic rings. The molecule has 0 aliphatic carbocycles. The standard InChI is InChI=1S/C15H11Br2NO3/c16-9-2-3-10(11(17)6-9)15(20)8-1-4-13-12(5-8)18-14(19)7-21-13/h1-6,15,20H,7H2,(H,18,19). The van der Waals surface area contributed by atoms with Crippen LogP contribution < -0.4 is 10.1 Å². The summed E-state index contributed by atoms with van der Waals surface area (Å²) in [7, 11) is 0. The van der Waals surface area contributed by atoms with Gasteiger partial charge in [0, 0.05) is 8.95 Å². The summed E-state index contributed by atoms with van der Waals surface area (Å²) in [4.78, 5) is 11.4. The monoisotopic (exact) mass is 411 g/mol. The molecule has 108 valence electrons. The smallest absolute Gasteiger partial charge is 0.262 e. The summed E-state index contributed by atoms with van der Waals surface area (Å²) in [5.74, 6) is 0.416. The number of hydrogen-bond acceptors (Lipinski definition) is 3. The van der Waals surface area contributed by atoms with Gasteiger partial charge >= 0.3 is 0 Å². The molecular weight excluding hydrogens is 402 g/mol. The number of rotatable bonds is 2. The van der Waals surface area contributed by atoms with Crippen molar-refractivity contribution in [3.8, 4) is 5.75 Å². The third-order valence-corrected chi connectivity index (χ3v) is 4.39. The van der Waals surface area contributed by atoms with Gasteiger partial charge in [-0.15, -0.1) is 0 Å². The number of carbonyl (C=O) groups is 1. The second-order valence-electron chi connectivity index (χ2n) is 4.66. The van der Waals surface area contributed by atoms with Gasteiger partial charge in [-0.2, -0.15) is 0 Å². The van der Waals surface area contributed by atoms with Gasteiger partial charge in [-0.25, -0.2) is 0 Å². The summed E-state index contributed by atoms with van der Waals surface area (Å²) >= 11 is 6.83. The molecule has 3 rings (SSSR count). The van der Waals surface area contributed by atoms with E-state index in [4.69, 9.17) is 4.74 Å². The molecule has 1 unspecified atom stereocenters. The van der Waals surface area contributed by atoms with Crippen LogP contribution in [0.3, 0.4) is 0 Å². The maximum absolute atomic E-state index is 11.4. The zero-order valence-electron chi connectivity index (χ0n) is 10.8. The van der Waals surface area contributed by atoms with Crippen molar-refractivity contribution in [2.75, 3.05) is 11.9 Å². The first-order valence-corrected chi connectivity index (χ1v) is 7.83. The molecule has 1 aliphatic heterocycles. The van der Waals surface area contributed by atoms with Crippen molar-refractivity contribution >= 4 is 43.5 Å². The number of halogens is 2. The lowest BCUT2D eigenvalue weighted by atomic mass is 10.0. The third kappa shape index (κ3) is 2.97. The van der Waals surface area contributed by atoms with Crippen LogP contribution in [0.25, 0.3) is 0 Å². The molecule has 0 saturated carbocycles. The summed E-state index contributed by atoms with van der Waals surface area (Å²) < 4.78 is 7.04. The molecule has 1 heterocycles. The lowest BCUT2D eigenvalue weighted by Gasteiger charge is -2.20. The Balaban J connectivity index is 1.96. The number of hydrogen-bond donors (Lipinski definition) is 2. The number of benzene rings is 2. The maximum atomic E-state index is 11.4. The fourth-order valence-electron chi connectivity index (χ4n) is 2.17. The largest absolute Gasteiger partial charge is 0.482 e. The summed E-state index contributed by atoms with van der Waals surface area (Å²) in [6.07, 6.45) is -0.795. The van der Waals surface area contributed by atoms with Gasteiger partial charge < -0.3 is 15.2 Å². The van der Waals surface area contributed by atoms with Crippen molar-refractivity contribution in [3.05, 3.63) is 56.5 Å². The Kier molecular flexibility index (Phi) is 4.01. The molecule has 0 spiro atoms. The van der Waals surface area contributed by atoms with Crippen LogP contribution in [0, 0.1) is 0 Å². The van der Waals surface area contributed by atoms with Crippen LogP contribution in [0.15, 0.2) is 45.3 Å². The van der Waals surface area contributed by atoms with Crippen LogP contribution >= 0.6 is 31.9 Å². The van der Waals surface area contributed by atoms with Crippen LogP contribution in [0.2, 0.25) is 0 Å². The van der Waals surface area contributed by atoms with Gasteiger partial charge in [-0.05, 0) is 35.4 Å². The van der Waals surface area contributed by atoms with E-state index in [9.17, 15) is 9.90 Å². The van der Waals surface area contributed by atoms with Crippen LogP contribution in [0.1, 0.15) is 17.2 Å². The van der Waals surface area contributed by atoms with Crippen molar-refractivity contribution in [2.45, 2.75) is 6.10 Å². The SMILES string of the molecule is O=C1COc2ccc(C(O)c3ccc(Br)cc3Br)cc2N1. The minimum atomic E-state index is -0.795. The average Bonchev–Trinajstić information content (AvgIpc) is 2.46. The lowest BCUT2D eigenvalue weighted by molar-refractivity contribution is -0.118. The second kappa shape index (κ2) is 5.79. The highest BCUT2D eigenvalue weighted by Gasteiger charge is 2.20. The Morgan fingerprint density at radius 2 is 2.00 bits per heavy atom. The molecule has 2 aromatic carbocycles. The quantitative estimate of drug-likeness (QED) is 0.791. The Morgan fingerprint density at radius 1 is 1.19 bits per heavy atom. The Morgan fingerprint density at radius 3 is 2.76 bits per heavy atom. The van der Waals surface area contributed by atoms with Gasteiger partial charge in [0.25, 0.3) is 5.91 Å². The number of aliphatic hydroxyl groups is 1. The van der Waals surface area contributed by atoms with Crippen LogP contribution in [0.4, 0.5) is 5.69 Å². The molecule has 0 aromatic heterocycles. The van der Waals surface area contributed by atoms with Gasteiger partial charge in [-0.3, -0.25) is 4.79 Å². The molecule has 1 aliphatic rings. The average molecular weight is 413 g/mol. The zero-order valence-corrected chi connectivity index (χ0v) is 13.9. The van der Waals surface area contributed by atoms with Crippen molar-refractivity contribution in [2.24, 2.45) is 0 Å². The first-order valence-electron chi connectivity index (χ1n) is 6.24. The van der Waals surface area contributed by atoms with Crippen molar-refractivity contribution in [3.63, 3.8) is 0 Å². The molecule has 6 heteroatoms. The summed E-state index contributed by atoms with van der Waals surface area (Å²) in [5.41, 5.74) is 2.01. The molecule has 0 bridgehead atoms. The van der Waals surface area contributed by atoms with Crippen molar-refractivity contribution in [1.29, 1.82) is 0 Å². The van der Waals surface area contributed by atoms with E-state index in [-0.39, 0.29) is 12.5 Å². The lowest BCUT2D eigenvalue weighted by Crippen LogP contribution is -2.25. The van der Waals surface area contributed by atoms with E-state index in [1.807, 2.05) is 18.2 Å². The predicted molar refractivity (Wildman–Crippen MR) is 86.5 cm³/mol. The van der Waals surface area contributed by atoms with Gasteiger partial charge in [-0.1, -0.05) is 44.0 Å². The minimum Gasteiger partial charge on any atom is -0.482 e. The first kappa shape index (κ1) is 14.6. The number of fused-ring (bicyclic) bond motifs is 1. The highest BCUT2D eigenvalue weighted by molar-refractivity contribution is 9.11. The third-order valence-electron chi connectivity index (χ3n) is 3.21. The van der Waals surface area contributed by atoms with Gasteiger partial charge in [0.05, 0.1) is 5.69 Å². The van der Waals surface area contributed by atoms with Gasteiger partial charge in [0.1, 0.15) is 11.9 Å². The molecule has 21 heavy (non-hydrogen) atoms.